The van der Waals surface area contributed by atoms with Gasteiger partial charge in [-0.2, -0.15) is 21.6 Å². The number of sulfonamides is 1. The highest BCUT2D eigenvalue weighted by Gasteiger charge is 2.44. The molecule has 0 aliphatic rings. The monoisotopic (exact) mass is 588 g/mol. The first-order valence-electron chi connectivity index (χ1n) is 13.2. The van der Waals surface area contributed by atoms with E-state index < -0.39 is 31.6 Å². The first kappa shape index (κ1) is 36.1. The van der Waals surface area contributed by atoms with E-state index in [4.69, 9.17) is 18.7 Å². The summed E-state index contributed by atoms with van der Waals surface area (Å²) >= 11 is 0. The van der Waals surface area contributed by atoms with Crippen LogP contribution in [-0.4, -0.2) is 32.8 Å². The third kappa shape index (κ3) is 18.4. The fraction of sp³-hybridized carbons (Fsp3) is 0.720. The smallest absolute Gasteiger partial charge is 0.399 e. The van der Waals surface area contributed by atoms with Crippen LogP contribution >= 0.6 is 0 Å². The highest BCUT2D eigenvalue weighted by Crippen LogP contribution is 2.20. The van der Waals surface area contributed by atoms with Crippen molar-refractivity contribution in [2.24, 2.45) is 0 Å². The Bertz CT molecular complexity index is 983. The summed E-state index contributed by atoms with van der Waals surface area (Å²) < 4.78 is 84.0. The maximum atomic E-state index is 12.1. The molecule has 0 spiro atoms. The average Bonchev–Trinajstić information content (AvgIpc) is 2.80. The van der Waals surface area contributed by atoms with E-state index in [0.717, 1.165) is 19.3 Å². The van der Waals surface area contributed by atoms with Crippen LogP contribution in [0.1, 0.15) is 110 Å². The predicted octanol–water partition coefficient (Wildman–Crippen LogP) is 6.73. The predicted molar refractivity (Wildman–Crippen MR) is 143 cm³/mol. The number of carbonyl (C=O) groups excluding carboxylic acids is 1. The standard InChI is InChI=1S/C24H42N2O3S.CHF3O3S/c1-2-3-4-5-6-7-8-9-10-11-12-13-14-15-16-17-24(27)26-30(28,29)23-20-18-22(25)19-21-23;2-1(3,4)8(5,6)7/h18-21H,2-17,25H2,1H3,(H,26,27);(H,5,6,7). The molecular formula is C25H43F3N2O6S2. The molecule has 0 saturated carbocycles. The molecule has 38 heavy (non-hydrogen) atoms. The zero-order chi connectivity index (χ0) is 29.1. The number of amides is 1. The van der Waals surface area contributed by atoms with Gasteiger partial charge >= 0.3 is 15.6 Å². The number of anilines is 1. The Morgan fingerprint density at radius 3 is 1.45 bits per heavy atom. The van der Waals surface area contributed by atoms with E-state index >= 15 is 0 Å². The Morgan fingerprint density at radius 2 is 1.11 bits per heavy atom. The molecule has 0 heterocycles. The second kappa shape index (κ2) is 19.2. The van der Waals surface area contributed by atoms with Gasteiger partial charge in [0.15, 0.2) is 0 Å². The highest BCUT2D eigenvalue weighted by atomic mass is 32.2. The lowest BCUT2D eigenvalue weighted by atomic mass is 10.0. The van der Waals surface area contributed by atoms with E-state index in [9.17, 15) is 26.4 Å². The Hall–Kier alpha value is -1.86. The molecule has 1 aromatic carbocycles. The summed E-state index contributed by atoms with van der Waals surface area (Å²) in [6, 6.07) is 5.82. The van der Waals surface area contributed by atoms with Crippen LogP contribution in [0.5, 0.6) is 0 Å². The second-order valence-electron chi connectivity index (χ2n) is 9.22. The molecule has 8 nitrogen and oxygen atoms in total. The van der Waals surface area contributed by atoms with Crippen molar-refractivity contribution in [2.45, 2.75) is 120 Å². The molecule has 0 aliphatic heterocycles. The van der Waals surface area contributed by atoms with Crippen molar-refractivity contribution in [3.63, 3.8) is 0 Å². The Balaban J connectivity index is 0.00000147. The Morgan fingerprint density at radius 1 is 0.763 bits per heavy atom. The first-order valence-corrected chi connectivity index (χ1v) is 16.1. The van der Waals surface area contributed by atoms with E-state index in [-0.39, 0.29) is 11.3 Å². The van der Waals surface area contributed by atoms with Crippen LogP contribution in [0.4, 0.5) is 18.9 Å². The Kier molecular flexibility index (Phi) is 18.3. The van der Waals surface area contributed by atoms with Crippen molar-refractivity contribution in [3.05, 3.63) is 24.3 Å². The lowest BCUT2D eigenvalue weighted by Gasteiger charge is -2.07. The van der Waals surface area contributed by atoms with E-state index in [0.29, 0.717) is 5.69 Å². The number of hydrogen-bond acceptors (Lipinski definition) is 6. The molecule has 1 rings (SSSR count). The van der Waals surface area contributed by atoms with Gasteiger partial charge in [-0.15, -0.1) is 0 Å². The van der Waals surface area contributed by atoms with Gasteiger partial charge in [0, 0.05) is 12.1 Å². The van der Waals surface area contributed by atoms with Crippen molar-refractivity contribution in [1.82, 2.24) is 4.72 Å². The molecule has 0 aromatic heterocycles. The lowest BCUT2D eigenvalue weighted by molar-refractivity contribution is -0.119. The normalized spacial score (nSPS) is 12.0. The molecule has 1 aromatic rings. The molecule has 0 atom stereocenters. The van der Waals surface area contributed by atoms with Gasteiger partial charge in [-0.3, -0.25) is 9.35 Å². The molecule has 13 heteroatoms. The summed E-state index contributed by atoms with van der Waals surface area (Å²) in [6.45, 7) is 2.26. The van der Waals surface area contributed by atoms with Crippen LogP contribution in [0.3, 0.4) is 0 Å². The molecule has 0 fully saturated rings. The van der Waals surface area contributed by atoms with Gasteiger partial charge in [0.05, 0.1) is 4.90 Å². The molecule has 0 bridgehead atoms. The van der Waals surface area contributed by atoms with Gasteiger partial charge in [-0.25, -0.2) is 13.1 Å². The van der Waals surface area contributed by atoms with Gasteiger partial charge in [0.1, 0.15) is 0 Å². The quantitative estimate of drug-likeness (QED) is 0.0746. The highest BCUT2D eigenvalue weighted by molar-refractivity contribution is 7.90. The molecular weight excluding hydrogens is 545 g/mol. The van der Waals surface area contributed by atoms with Crippen LogP contribution < -0.4 is 10.5 Å². The lowest BCUT2D eigenvalue weighted by Crippen LogP contribution is -2.30. The molecule has 1 amide bonds. The van der Waals surface area contributed by atoms with E-state index in [1.165, 1.54) is 101 Å². The minimum Gasteiger partial charge on any atom is -0.399 e. The number of nitrogen functional groups attached to an aromatic ring is 1. The maximum absolute atomic E-state index is 12.1. The van der Waals surface area contributed by atoms with Gasteiger partial charge in [-0.1, -0.05) is 96.8 Å². The summed E-state index contributed by atoms with van der Waals surface area (Å²) in [5.74, 6) is -0.443. The minimum atomic E-state index is -5.84. The van der Waals surface area contributed by atoms with Gasteiger partial charge in [0.2, 0.25) is 5.91 Å². The second-order valence-corrected chi connectivity index (χ2v) is 12.3. The van der Waals surface area contributed by atoms with Crippen molar-refractivity contribution in [1.29, 1.82) is 0 Å². The topological polar surface area (TPSA) is 144 Å². The molecule has 0 aliphatic carbocycles. The summed E-state index contributed by atoms with van der Waals surface area (Å²) in [6.07, 6.45) is 19.2. The summed E-state index contributed by atoms with van der Waals surface area (Å²) in [5.41, 5.74) is 0.509. The molecule has 0 saturated heterocycles. The zero-order valence-electron chi connectivity index (χ0n) is 22.1. The maximum Gasteiger partial charge on any atom is 0.522 e. The molecule has 222 valence electrons. The van der Waals surface area contributed by atoms with Crippen LogP contribution in [0.25, 0.3) is 0 Å². The van der Waals surface area contributed by atoms with Crippen molar-refractivity contribution < 1.29 is 39.4 Å². The number of unbranched alkanes of at least 4 members (excludes halogenated alkanes) is 14. The molecule has 0 unspecified atom stereocenters. The third-order valence-electron chi connectivity index (χ3n) is 5.74. The van der Waals surface area contributed by atoms with Gasteiger partial charge in [0.25, 0.3) is 10.0 Å². The van der Waals surface area contributed by atoms with Crippen molar-refractivity contribution in [3.8, 4) is 0 Å². The van der Waals surface area contributed by atoms with Gasteiger partial charge in [-0.05, 0) is 30.7 Å². The fourth-order valence-electron chi connectivity index (χ4n) is 3.56. The largest absolute Gasteiger partial charge is 0.522 e. The first-order chi connectivity index (χ1) is 17.7. The van der Waals surface area contributed by atoms with Crippen LogP contribution in [0, 0.1) is 0 Å². The van der Waals surface area contributed by atoms with Crippen LogP contribution in [0.15, 0.2) is 29.2 Å². The van der Waals surface area contributed by atoms with E-state index in [1.807, 2.05) is 0 Å². The van der Waals surface area contributed by atoms with Crippen molar-refractivity contribution >= 4 is 31.7 Å². The number of alkyl halides is 3. The number of benzene rings is 1. The molecule has 4 N–H and O–H groups in total. The number of rotatable bonds is 18. The number of nitrogens with one attached hydrogen (secondary N) is 1. The van der Waals surface area contributed by atoms with Gasteiger partial charge < -0.3 is 5.73 Å². The molecule has 0 radical (unpaired) electrons. The number of carbonyl (C=O) groups is 1. The van der Waals surface area contributed by atoms with Crippen LogP contribution in [-0.2, 0) is 24.9 Å². The number of halogens is 3. The van der Waals surface area contributed by atoms with E-state index in [2.05, 4.69) is 11.6 Å². The number of hydrogen-bond donors (Lipinski definition) is 3. The van der Waals surface area contributed by atoms with E-state index in [1.54, 1.807) is 0 Å². The third-order valence-corrected chi connectivity index (χ3v) is 7.71. The van der Waals surface area contributed by atoms with Crippen LogP contribution in [0.2, 0.25) is 0 Å². The summed E-state index contributed by atoms with van der Waals surface area (Å²) in [5, 5.41) is 0. The SMILES string of the molecule is CCCCCCCCCCCCCCCCCC(=O)NS(=O)(=O)c1ccc(N)cc1.O=S(=O)(O)C(F)(F)F. The summed E-state index contributed by atoms with van der Waals surface area (Å²) in [4.78, 5) is 12.0. The number of nitrogens with two attached hydrogens (primary N) is 1. The summed E-state index contributed by atoms with van der Waals surface area (Å²) in [7, 11) is -9.64. The zero-order valence-corrected chi connectivity index (χ0v) is 23.8. The minimum absolute atomic E-state index is 0.0570. The fourth-order valence-corrected chi connectivity index (χ4v) is 4.58. The van der Waals surface area contributed by atoms with Crippen molar-refractivity contribution in [2.75, 3.05) is 5.73 Å². The average molecular weight is 589 g/mol. The Labute approximate surface area is 225 Å².